The van der Waals surface area contributed by atoms with Crippen LogP contribution in [0.1, 0.15) is 30.1 Å². The highest BCUT2D eigenvalue weighted by atomic mass is 16.4. The molecule has 110 valence electrons. The lowest BCUT2D eigenvalue weighted by Gasteiger charge is -2.13. The summed E-state index contributed by atoms with van der Waals surface area (Å²) < 4.78 is 0. The topological polar surface area (TPSA) is 66.4 Å². The van der Waals surface area contributed by atoms with Gasteiger partial charge in [0.25, 0.3) is 5.91 Å². The van der Waals surface area contributed by atoms with Crippen LogP contribution in [0.5, 0.6) is 0 Å². The Kier molecular flexibility index (Phi) is 4.93. The predicted molar refractivity (Wildman–Crippen MR) is 82.3 cm³/mol. The molecule has 0 aromatic heterocycles. The van der Waals surface area contributed by atoms with Gasteiger partial charge in [-0.15, -0.1) is 0 Å². The summed E-state index contributed by atoms with van der Waals surface area (Å²) in [6, 6.07) is 13.4. The van der Waals surface area contributed by atoms with E-state index in [1.54, 1.807) is 6.07 Å². The van der Waals surface area contributed by atoms with Crippen molar-refractivity contribution in [2.45, 2.75) is 19.8 Å². The maximum absolute atomic E-state index is 12.1. The third kappa shape index (κ3) is 4.05. The summed E-state index contributed by atoms with van der Waals surface area (Å²) in [5.74, 6) is -1.03. The molecule has 0 aliphatic heterocycles. The molecule has 2 N–H and O–H groups in total. The Morgan fingerprint density at radius 3 is 2.52 bits per heavy atom. The quantitative estimate of drug-likeness (QED) is 0.857. The SMILES string of the molecule is CCC(CNC(=O)c1ccc2ccccc2c1)CC(=O)O. The molecule has 2 aromatic rings. The lowest BCUT2D eigenvalue weighted by molar-refractivity contribution is -0.138. The highest BCUT2D eigenvalue weighted by Gasteiger charge is 2.13. The Hall–Kier alpha value is -2.36. The number of hydrogen-bond donors (Lipinski definition) is 2. The highest BCUT2D eigenvalue weighted by molar-refractivity contribution is 5.98. The van der Waals surface area contributed by atoms with Crippen LogP contribution in [0.4, 0.5) is 0 Å². The van der Waals surface area contributed by atoms with Crippen molar-refractivity contribution >= 4 is 22.6 Å². The van der Waals surface area contributed by atoms with Gasteiger partial charge in [0.05, 0.1) is 0 Å². The fourth-order valence-corrected chi connectivity index (χ4v) is 2.28. The van der Waals surface area contributed by atoms with E-state index in [9.17, 15) is 9.59 Å². The summed E-state index contributed by atoms with van der Waals surface area (Å²) in [5.41, 5.74) is 0.596. The van der Waals surface area contributed by atoms with Crippen LogP contribution < -0.4 is 5.32 Å². The van der Waals surface area contributed by atoms with E-state index in [2.05, 4.69) is 5.32 Å². The summed E-state index contributed by atoms with van der Waals surface area (Å²) in [6.07, 6.45) is 0.804. The summed E-state index contributed by atoms with van der Waals surface area (Å²) >= 11 is 0. The summed E-state index contributed by atoms with van der Waals surface area (Å²) in [5, 5.41) is 13.7. The van der Waals surface area contributed by atoms with Crippen LogP contribution in [0.2, 0.25) is 0 Å². The molecular formula is C17H19NO3. The van der Waals surface area contributed by atoms with Crippen molar-refractivity contribution in [3.8, 4) is 0 Å². The lowest BCUT2D eigenvalue weighted by atomic mass is 10.0. The number of nitrogens with one attached hydrogen (secondary N) is 1. The van der Waals surface area contributed by atoms with E-state index in [0.29, 0.717) is 12.1 Å². The smallest absolute Gasteiger partial charge is 0.303 e. The fourth-order valence-electron chi connectivity index (χ4n) is 2.28. The van der Waals surface area contributed by atoms with Crippen molar-refractivity contribution in [2.75, 3.05) is 6.54 Å². The Morgan fingerprint density at radius 1 is 1.14 bits per heavy atom. The van der Waals surface area contributed by atoms with Crippen molar-refractivity contribution < 1.29 is 14.7 Å². The number of hydrogen-bond acceptors (Lipinski definition) is 2. The molecule has 0 saturated heterocycles. The van der Waals surface area contributed by atoms with Crippen molar-refractivity contribution in [3.63, 3.8) is 0 Å². The molecule has 1 amide bonds. The predicted octanol–water partition coefficient (Wildman–Crippen LogP) is 3.07. The minimum absolute atomic E-state index is 0.0353. The van der Waals surface area contributed by atoms with E-state index in [4.69, 9.17) is 5.11 Å². The van der Waals surface area contributed by atoms with Gasteiger partial charge < -0.3 is 10.4 Å². The summed E-state index contributed by atoms with van der Waals surface area (Å²) in [4.78, 5) is 22.9. The van der Waals surface area contributed by atoms with Gasteiger partial charge in [0.15, 0.2) is 0 Å². The molecule has 0 aliphatic carbocycles. The zero-order valence-corrected chi connectivity index (χ0v) is 12.0. The number of carbonyl (C=O) groups is 2. The molecule has 0 fully saturated rings. The lowest BCUT2D eigenvalue weighted by Crippen LogP contribution is -2.30. The molecule has 1 atom stereocenters. The maximum Gasteiger partial charge on any atom is 0.303 e. The third-order valence-corrected chi connectivity index (χ3v) is 3.60. The standard InChI is InChI=1S/C17H19NO3/c1-2-12(9-16(19)20)11-18-17(21)15-8-7-13-5-3-4-6-14(13)10-15/h3-8,10,12H,2,9,11H2,1H3,(H,18,21)(H,19,20). The second-order valence-corrected chi connectivity index (χ2v) is 5.14. The first-order valence-electron chi connectivity index (χ1n) is 7.09. The number of aliphatic carboxylic acids is 1. The van der Waals surface area contributed by atoms with Crippen LogP contribution in [-0.2, 0) is 4.79 Å². The van der Waals surface area contributed by atoms with Gasteiger partial charge in [-0.05, 0) is 28.8 Å². The minimum atomic E-state index is -0.832. The molecule has 21 heavy (non-hydrogen) atoms. The van der Waals surface area contributed by atoms with E-state index >= 15 is 0 Å². The van der Waals surface area contributed by atoms with Crippen LogP contribution >= 0.6 is 0 Å². The molecule has 0 aliphatic rings. The largest absolute Gasteiger partial charge is 0.481 e. The van der Waals surface area contributed by atoms with Crippen molar-refractivity contribution in [1.82, 2.24) is 5.32 Å². The van der Waals surface area contributed by atoms with E-state index in [0.717, 1.165) is 17.2 Å². The zero-order valence-electron chi connectivity index (χ0n) is 12.0. The molecule has 0 spiro atoms. The Morgan fingerprint density at radius 2 is 1.86 bits per heavy atom. The van der Waals surface area contributed by atoms with Gasteiger partial charge in [0.2, 0.25) is 0 Å². The number of carboxylic acid groups (broad SMARTS) is 1. The minimum Gasteiger partial charge on any atom is -0.481 e. The normalized spacial score (nSPS) is 12.0. The average Bonchev–Trinajstić information content (AvgIpc) is 2.50. The van der Waals surface area contributed by atoms with Crippen molar-refractivity contribution in [1.29, 1.82) is 0 Å². The number of carbonyl (C=O) groups excluding carboxylic acids is 1. The molecule has 4 nitrogen and oxygen atoms in total. The van der Waals surface area contributed by atoms with Gasteiger partial charge in [-0.25, -0.2) is 0 Å². The Bertz CT molecular complexity index is 651. The third-order valence-electron chi connectivity index (χ3n) is 3.60. The molecule has 2 aromatic carbocycles. The van der Waals surface area contributed by atoms with Crippen molar-refractivity contribution in [2.24, 2.45) is 5.92 Å². The first-order chi connectivity index (χ1) is 10.1. The van der Waals surface area contributed by atoms with Crippen LogP contribution in [-0.4, -0.2) is 23.5 Å². The molecule has 2 rings (SSSR count). The number of carboxylic acids is 1. The summed E-state index contributed by atoms with van der Waals surface area (Å²) in [6.45, 7) is 2.31. The van der Waals surface area contributed by atoms with E-state index in [1.807, 2.05) is 43.3 Å². The fraction of sp³-hybridized carbons (Fsp3) is 0.294. The number of rotatable bonds is 6. The molecule has 4 heteroatoms. The maximum atomic E-state index is 12.1. The molecule has 0 bridgehead atoms. The summed E-state index contributed by atoms with van der Waals surface area (Å²) in [7, 11) is 0. The van der Waals surface area contributed by atoms with Gasteiger partial charge >= 0.3 is 5.97 Å². The van der Waals surface area contributed by atoms with E-state index < -0.39 is 5.97 Å². The monoisotopic (exact) mass is 285 g/mol. The van der Waals surface area contributed by atoms with Crippen LogP contribution in [0.25, 0.3) is 10.8 Å². The van der Waals surface area contributed by atoms with Gasteiger partial charge in [-0.1, -0.05) is 43.7 Å². The molecule has 0 heterocycles. The number of fused-ring (bicyclic) bond motifs is 1. The van der Waals surface area contributed by atoms with Gasteiger partial charge in [-0.3, -0.25) is 9.59 Å². The van der Waals surface area contributed by atoms with Crippen LogP contribution in [0.3, 0.4) is 0 Å². The first kappa shape index (κ1) is 15.0. The van der Waals surface area contributed by atoms with Crippen LogP contribution in [0.15, 0.2) is 42.5 Å². The van der Waals surface area contributed by atoms with Gasteiger partial charge in [-0.2, -0.15) is 0 Å². The van der Waals surface area contributed by atoms with Gasteiger partial charge in [0, 0.05) is 18.5 Å². The highest BCUT2D eigenvalue weighted by Crippen LogP contribution is 2.15. The number of benzene rings is 2. The molecule has 0 saturated carbocycles. The Labute approximate surface area is 123 Å². The average molecular weight is 285 g/mol. The van der Waals surface area contributed by atoms with Gasteiger partial charge in [0.1, 0.15) is 0 Å². The first-order valence-corrected chi connectivity index (χ1v) is 7.09. The molecule has 0 radical (unpaired) electrons. The van der Waals surface area contributed by atoms with E-state index in [1.165, 1.54) is 0 Å². The number of amides is 1. The second-order valence-electron chi connectivity index (χ2n) is 5.14. The molecule has 1 unspecified atom stereocenters. The van der Waals surface area contributed by atoms with Crippen LogP contribution in [0, 0.1) is 5.92 Å². The zero-order chi connectivity index (χ0) is 15.2. The van der Waals surface area contributed by atoms with Crippen molar-refractivity contribution in [3.05, 3.63) is 48.0 Å². The second kappa shape index (κ2) is 6.88. The molecular weight excluding hydrogens is 266 g/mol. The van der Waals surface area contributed by atoms with E-state index in [-0.39, 0.29) is 18.2 Å². The Balaban J connectivity index is 2.03.